The monoisotopic (exact) mass is 206 g/mol. The third kappa shape index (κ3) is 1.94. The summed E-state index contributed by atoms with van der Waals surface area (Å²) in [5, 5.41) is 10.9. The topological polar surface area (TPSA) is 52.6 Å². The number of carbonyl (C=O) groups is 1. The number of hydrazine groups is 1. The second kappa shape index (κ2) is 3.90. The highest BCUT2D eigenvalue weighted by Crippen LogP contribution is 2.21. The molecule has 0 aliphatic carbocycles. The summed E-state index contributed by atoms with van der Waals surface area (Å²) >= 11 is 0. The van der Waals surface area contributed by atoms with Gasteiger partial charge in [-0.2, -0.15) is 0 Å². The molecule has 2 rings (SSSR count). The number of amides is 1. The van der Waals surface area contributed by atoms with Crippen LogP contribution in [0.25, 0.3) is 0 Å². The van der Waals surface area contributed by atoms with Gasteiger partial charge in [-0.05, 0) is 24.6 Å². The van der Waals surface area contributed by atoms with E-state index in [0.29, 0.717) is 6.42 Å². The molecule has 4 nitrogen and oxygen atoms in total. The zero-order chi connectivity index (χ0) is 10.8. The molecule has 1 fully saturated rings. The Balaban J connectivity index is 2.25. The third-order valence-electron chi connectivity index (χ3n) is 2.54. The van der Waals surface area contributed by atoms with Crippen LogP contribution >= 0.6 is 0 Å². The molecule has 1 saturated heterocycles. The van der Waals surface area contributed by atoms with Gasteiger partial charge in [0.25, 0.3) is 0 Å². The van der Waals surface area contributed by atoms with Crippen molar-refractivity contribution in [3.8, 4) is 0 Å². The van der Waals surface area contributed by atoms with Gasteiger partial charge >= 0.3 is 0 Å². The zero-order valence-corrected chi connectivity index (χ0v) is 8.60. The van der Waals surface area contributed by atoms with Crippen molar-refractivity contribution in [3.63, 3.8) is 0 Å². The molecule has 2 N–H and O–H groups in total. The number of anilines is 1. The first kappa shape index (κ1) is 9.98. The molecular formula is C11H14N2O2. The molecule has 1 aromatic rings. The lowest BCUT2D eigenvalue weighted by Crippen LogP contribution is -2.37. The summed E-state index contributed by atoms with van der Waals surface area (Å²) in [6, 6.07) is 7.68. The molecule has 1 aromatic carbocycles. The van der Waals surface area contributed by atoms with Crippen molar-refractivity contribution in [1.82, 2.24) is 5.43 Å². The van der Waals surface area contributed by atoms with Crippen molar-refractivity contribution < 1.29 is 9.90 Å². The van der Waals surface area contributed by atoms with Crippen molar-refractivity contribution >= 4 is 11.6 Å². The predicted octanol–water partition coefficient (Wildman–Crippen LogP) is 0.809. The number of carbonyl (C=O) groups excluding carboxylic acids is 1. The van der Waals surface area contributed by atoms with Gasteiger partial charge in [0.15, 0.2) is 0 Å². The van der Waals surface area contributed by atoms with Crippen LogP contribution in [0.4, 0.5) is 5.69 Å². The number of hydrogen-bond acceptors (Lipinski definition) is 3. The molecule has 4 heteroatoms. The maximum atomic E-state index is 11.2. The number of rotatable bonds is 2. The Labute approximate surface area is 88.5 Å². The minimum Gasteiger partial charge on any atom is -0.392 e. The standard InChI is InChI=1S/C11H14N2O2/c1-8-5-11(15)12-13(8)10-4-2-3-9(6-10)7-14/h2-4,6,8,14H,5,7H2,1H3,(H,12,15). The molecule has 15 heavy (non-hydrogen) atoms. The van der Waals surface area contributed by atoms with E-state index in [2.05, 4.69) is 5.43 Å². The summed E-state index contributed by atoms with van der Waals surface area (Å²) < 4.78 is 0. The summed E-state index contributed by atoms with van der Waals surface area (Å²) in [4.78, 5) is 11.2. The van der Waals surface area contributed by atoms with Gasteiger partial charge in [-0.1, -0.05) is 12.1 Å². The highest BCUT2D eigenvalue weighted by atomic mass is 16.3. The Kier molecular flexibility index (Phi) is 2.60. The summed E-state index contributed by atoms with van der Waals surface area (Å²) in [5.74, 6) is 0.0388. The van der Waals surface area contributed by atoms with Crippen LogP contribution in [0.2, 0.25) is 0 Å². The first-order valence-corrected chi connectivity index (χ1v) is 4.99. The predicted molar refractivity (Wildman–Crippen MR) is 57.1 cm³/mol. The minimum absolute atomic E-state index is 0.0179. The zero-order valence-electron chi connectivity index (χ0n) is 8.60. The fraction of sp³-hybridized carbons (Fsp3) is 0.364. The van der Waals surface area contributed by atoms with Crippen LogP contribution in [0.1, 0.15) is 18.9 Å². The van der Waals surface area contributed by atoms with E-state index in [9.17, 15) is 4.79 Å². The number of aliphatic hydroxyl groups excluding tert-OH is 1. The molecule has 1 amide bonds. The average molecular weight is 206 g/mol. The van der Waals surface area contributed by atoms with Crippen LogP contribution in [-0.2, 0) is 11.4 Å². The lowest BCUT2D eigenvalue weighted by molar-refractivity contribution is -0.119. The van der Waals surface area contributed by atoms with Crippen LogP contribution in [0.15, 0.2) is 24.3 Å². The van der Waals surface area contributed by atoms with Crippen LogP contribution < -0.4 is 10.4 Å². The highest BCUT2D eigenvalue weighted by molar-refractivity contribution is 5.82. The molecule has 1 aliphatic rings. The molecule has 1 heterocycles. The van der Waals surface area contributed by atoms with E-state index < -0.39 is 0 Å². The van der Waals surface area contributed by atoms with Crippen LogP contribution in [-0.4, -0.2) is 17.1 Å². The van der Waals surface area contributed by atoms with Gasteiger partial charge in [0.05, 0.1) is 24.8 Å². The Hall–Kier alpha value is -1.55. The molecule has 0 aromatic heterocycles. The van der Waals surface area contributed by atoms with Crippen LogP contribution in [0.3, 0.4) is 0 Å². The number of nitrogens with zero attached hydrogens (tertiary/aromatic N) is 1. The lowest BCUT2D eigenvalue weighted by atomic mass is 10.2. The Bertz CT molecular complexity index is 379. The Morgan fingerprint density at radius 1 is 1.60 bits per heavy atom. The quantitative estimate of drug-likeness (QED) is 0.752. The fourth-order valence-corrected chi connectivity index (χ4v) is 1.77. The summed E-state index contributed by atoms with van der Waals surface area (Å²) in [6.07, 6.45) is 0.517. The molecule has 1 aliphatic heterocycles. The van der Waals surface area contributed by atoms with Gasteiger partial charge < -0.3 is 5.11 Å². The second-order valence-corrected chi connectivity index (χ2v) is 3.79. The molecular weight excluding hydrogens is 192 g/mol. The molecule has 0 spiro atoms. The summed E-state index contributed by atoms with van der Waals surface area (Å²) in [6.45, 7) is 2.01. The van der Waals surface area contributed by atoms with E-state index >= 15 is 0 Å². The van der Waals surface area contributed by atoms with E-state index in [4.69, 9.17) is 5.11 Å². The van der Waals surface area contributed by atoms with E-state index in [1.807, 2.05) is 36.2 Å². The largest absolute Gasteiger partial charge is 0.392 e. The fourth-order valence-electron chi connectivity index (χ4n) is 1.77. The number of aliphatic hydroxyl groups is 1. The number of hydrogen-bond donors (Lipinski definition) is 2. The van der Waals surface area contributed by atoms with Crippen molar-refractivity contribution in [2.45, 2.75) is 26.0 Å². The smallest absolute Gasteiger partial charge is 0.240 e. The second-order valence-electron chi connectivity index (χ2n) is 3.79. The maximum Gasteiger partial charge on any atom is 0.240 e. The van der Waals surface area contributed by atoms with Crippen LogP contribution in [0, 0.1) is 0 Å². The van der Waals surface area contributed by atoms with Crippen molar-refractivity contribution in [2.24, 2.45) is 0 Å². The third-order valence-corrected chi connectivity index (χ3v) is 2.54. The van der Waals surface area contributed by atoms with E-state index in [0.717, 1.165) is 11.3 Å². The summed E-state index contributed by atoms with van der Waals surface area (Å²) in [5.41, 5.74) is 4.55. The normalized spacial score (nSPS) is 20.5. The molecule has 0 bridgehead atoms. The first-order valence-electron chi connectivity index (χ1n) is 4.99. The Morgan fingerprint density at radius 2 is 2.40 bits per heavy atom. The van der Waals surface area contributed by atoms with Crippen molar-refractivity contribution in [3.05, 3.63) is 29.8 Å². The van der Waals surface area contributed by atoms with Gasteiger partial charge in [0, 0.05) is 0 Å². The van der Waals surface area contributed by atoms with Crippen molar-refractivity contribution in [1.29, 1.82) is 0 Å². The SMILES string of the molecule is CC1CC(=O)NN1c1cccc(CO)c1. The molecule has 80 valence electrons. The average Bonchev–Trinajstić information content (AvgIpc) is 2.58. The molecule has 0 radical (unpaired) electrons. The van der Waals surface area contributed by atoms with Crippen molar-refractivity contribution in [2.75, 3.05) is 5.01 Å². The number of nitrogens with one attached hydrogen (secondary N) is 1. The van der Waals surface area contributed by atoms with Gasteiger partial charge in [-0.3, -0.25) is 15.2 Å². The van der Waals surface area contributed by atoms with Crippen LogP contribution in [0.5, 0.6) is 0 Å². The lowest BCUT2D eigenvalue weighted by Gasteiger charge is -2.22. The van der Waals surface area contributed by atoms with Gasteiger partial charge in [-0.25, -0.2) is 0 Å². The molecule has 1 atom stereocenters. The van der Waals surface area contributed by atoms with Gasteiger partial charge in [-0.15, -0.1) is 0 Å². The maximum absolute atomic E-state index is 11.2. The van der Waals surface area contributed by atoms with Gasteiger partial charge in [0.1, 0.15) is 0 Å². The first-order chi connectivity index (χ1) is 7.20. The molecule has 0 saturated carbocycles. The van der Waals surface area contributed by atoms with E-state index in [1.54, 1.807) is 0 Å². The van der Waals surface area contributed by atoms with E-state index in [1.165, 1.54) is 0 Å². The minimum atomic E-state index is 0.0179. The number of benzene rings is 1. The highest BCUT2D eigenvalue weighted by Gasteiger charge is 2.26. The van der Waals surface area contributed by atoms with E-state index in [-0.39, 0.29) is 18.6 Å². The summed E-state index contributed by atoms with van der Waals surface area (Å²) in [7, 11) is 0. The molecule has 1 unspecified atom stereocenters. The van der Waals surface area contributed by atoms with Gasteiger partial charge in [0.2, 0.25) is 5.91 Å². The Morgan fingerprint density at radius 3 is 3.00 bits per heavy atom.